The molecule has 1 aromatic rings. The predicted molar refractivity (Wildman–Crippen MR) is 72.0 cm³/mol. The van der Waals surface area contributed by atoms with Gasteiger partial charge in [0.2, 0.25) is 5.91 Å². The monoisotopic (exact) mass is 273 g/mol. The normalized spacial score (nSPS) is 22.0. The quantitative estimate of drug-likeness (QED) is 0.570. The molecule has 1 saturated heterocycles. The van der Waals surface area contributed by atoms with Gasteiger partial charge in [-0.05, 0) is 31.5 Å². The van der Waals surface area contributed by atoms with Gasteiger partial charge in [-0.1, -0.05) is 6.07 Å². The zero-order valence-corrected chi connectivity index (χ0v) is 10.9. The van der Waals surface area contributed by atoms with Crippen molar-refractivity contribution in [1.29, 1.82) is 0 Å². The fourth-order valence-electron chi connectivity index (χ4n) is 2.76. The second kappa shape index (κ2) is 4.72. The Morgan fingerprint density at radius 1 is 1.30 bits per heavy atom. The van der Waals surface area contributed by atoms with E-state index in [1.807, 2.05) is 0 Å². The summed E-state index contributed by atoms with van der Waals surface area (Å²) in [6.07, 6.45) is 1.55. The molecule has 0 aliphatic carbocycles. The predicted octanol–water partition coefficient (Wildman–Crippen LogP) is 0.391. The maximum atomic E-state index is 12.4. The Hall–Kier alpha value is -2.21. The number of nitrogens with one attached hydrogen (secondary N) is 1. The number of rotatable bonds is 1. The molecule has 1 aromatic carbocycles. The highest BCUT2D eigenvalue weighted by Gasteiger charge is 2.43. The van der Waals surface area contributed by atoms with Crippen LogP contribution in [0.3, 0.4) is 0 Å². The average molecular weight is 273 g/mol. The second-order valence-electron chi connectivity index (χ2n) is 5.10. The molecule has 2 aliphatic heterocycles. The van der Waals surface area contributed by atoms with Crippen molar-refractivity contribution in [2.45, 2.75) is 12.8 Å². The SMILES string of the molecule is Nc1cccc2c1C(=O)N(C(=O)[C@@H]1CCCNC1)C2=O. The van der Waals surface area contributed by atoms with Crippen LogP contribution in [0.15, 0.2) is 18.2 Å². The van der Waals surface area contributed by atoms with Crippen LogP contribution in [0, 0.1) is 5.92 Å². The zero-order chi connectivity index (χ0) is 14.3. The molecule has 2 aliphatic rings. The van der Waals surface area contributed by atoms with Crippen LogP contribution in [-0.2, 0) is 4.79 Å². The summed E-state index contributed by atoms with van der Waals surface area (Å²) in [5, 5.41) is 3.11. The molecule has 0 aromatic heterocycles. The Morgan fingerprint density at radius 3 is 2.75 bits per heavy atom. The Labute approximate surface area is 115 Å². The summed E-state index contributed by atoms with van der Waals surface area (Å²) >= 11 is 0. The van der Waals surface area contributed by atoms with E-state index in [4.69, 9.17) is 5.73 Å². The summed E-state index contributed by atoms with van der Waals surface area (Å²) < 4.78 is 0. The van der Waals surface area contributed by atoms with Gasteiger partial charge < -0.3 is 11.1 Å². The van der Waals surface area contributed by atoms with Crippen molar-refractivity contribution in [2.75, 3.05) is 18.8 Å². The van der Waals surface area contributed by atoms with Gasteiger partial charge in [0, 0.05) is 12.2 Å². The van der Waals surface area contributed by atoms with Crippen molar-refractivity contribution in [3.63, 3.8) is 0 Å². The van der Waals surface area contributed by atoms with Crippen molar-refractivity contribution >= 4 is 23.4 Å². The second-order valence-corrected chi connectivity index (χ2v) is 5.10. The van der Waals surface area contributed by atoms with Gasteiger partial charge in [0.15, 0.2) is 0 Å². The molecule has 0 saturated carbocycles. The number of nitrogen functional groups attached to an aromatic ring is 1. The molecule has 3 amide bonds. The third-order valence-corrected chi connectivity index (χ3v) is 3.81. The van der Waals surface area contributed by atoms with Gasteiger partial charge in [-0.3, -0.25) is 14.4 Å². The van der Waals surface area contributed by atoms with Crippen LogP contribution >= 0.6 is 0 Å². The van der Waals surface area contributed by atoms with E-state index in [1.54, 1.807) is 12.1 Å². The number of nitrogens with zero attached hydrogens (tertiary/aromatic N) is 1. The first-order valence-corrected chi connectivity index (χ1v) is 6.63. The molecule has 1 fully saturated rings. The standard InChI is InChI=1S/C14H15N3O3/c15-10-5-1-4-9-11(10)14(20)17(13(9)19)12(18)8-3-2-6-16-7-8/h1,4-5,8,16H,2-3,6-7,15H2/t8-/m1/s1. The average Bonchev–Trinajstić information content (AvgIpc) is 2.72. The molecular formula is C14H15N3O3. The van der Waals surface area contributed by atoms with Crippen LogP contribution < -0.4 is 11.1 Å². The first-order valence-electron chi connectivity index (χ1n) is 6.63. The molecule has 6 heteroatoms. The Bertz CT molecular complexity index is 606. The number of carbonyl (C=O) groups excluding carboxylic acids is 3. The number of hydrogen-bond donors (Lipinski definition) is 2. The number of carbonyl (C=O) groups is 3. The Kier molecular flexibility index (Phi) is 3.02. The number of nitrogens with two attached hydrogens (primary N) is 1. The Morgan fingerprint density at radius 2 is 2.10 bits per heavy atom. The smallest absolute Gasteiger partial charge is 0.270 e. The molecule has 0 radical (unpaired) electrons. The highest BCUT2D eigenvalue weighted by Crippen LogP contribution is 2.29. The summed E-state index contributed by atoms with van der Waals surface area (Å²) in [5.41, 5.74) is 6.34. The lowest BCUT2D eigenvalue weighted by Gasteiger charge is -2.24. The lowest BCUT2D eigenvalue weighted by molar-refractivity contribution is -0.130. The van der Waals surface area contributed by atoms with Gasteiger partial charge in [-0.15, -0.1) is 0 Å². The van der Waals surface area contributed by atoms with Crippen LogP contribution in [0.1, 0.15) is 33.6 Å². The first-order chi connectivity index (χ1) is 9.61. The number of fused-ring (bicyclic) bond motifs is 1. The van der Waals surface area contributed by atoms with Gasteiger partial charge in [-0.25, -0.2) is 4.90 Å². The highest BCUT2D eigenvalue weighted by atomic mass is 16.2. The van der Waals surface area contributed by atoms with E-state index >= 15 is 0 Å². The fraction of sp³-hybridized carbons (Fsp3) is 0.357. The molecule has 2 heterocycles. The number of piperidine rings is 1. The molecule has 104 valence electrons. The highest BCUT2D eigenvalue weighted by molar-refractivity contribution is 6.30. The fourth-order valence-corrected chi connectivity index (χ4v) is 2.76. The van der Waals surface area contributed by atoms with Crippen molar-refractivity contribution in [1.82, 2.24) is 10.2 Å². The lowest BCUT2D eigenvalue weighted by Crippen LogP contribution is -2.45. The minimum Gasteiger partial charge on any atom is -0.398 e. The van der Waals surface area contributed by atoms with Crippen molar-refractivity contribution in [3.05, 3.63) is 29.3 Å². The maximum absolute atomic E-state index is 12.4. The van der Waals surface area contributed by atoms with E-state index in [9.17, 15) is 14.4 Å². The number of imide groups is 3. The first kappa shape index (κ1) is 12.8. The minimum absolute atomic E-state index is 0.148. The van der Waals surface area contributed by atoms with E-state index < -0.39 is 17.7 Å². The van der Waals surface area contributed by atoms with Crippen LogP contribution in [0.5, 0.6) is 0 Å². The molecular weight excluding hydrogens is 258 g/mol. The molecule has 3 N–H and O–H groups in total. The van der Waals surface area contributed by atoms with E-state index in [0.29, 0.717) is 13.0 Å². The molecule has 20 heavy (non-hydrogen) atoms. The van der Waals surface area contributed by atoms with Crippen LogP contribution in [0.4, 0.5) is 5.69 Å². The summed E-state index contributed by atoms with van der Waals surface area (Å²) in [6, 6.07) is 4.69. The zero-order valence-electron chi connectivity index (χ0n) is 10.9. The molecule has 1 atom stereocenters. The third kappa shape index (κ3) is 1.80. The van der Waals surface area contributed by atoms with Crippen molar-refractivity contribution in [3.8, 4) is 0 Å². The topological polar surface area (TPSA) is 92.5 Å². The lowest BCUT2D eigenvalue weighted by atomic mass is 9.98. The van der Waals surface area contributed by atoms with Gasteiger partial charge in [0.25, 0.3) is 11.8 Å². The third-order valence-electron chi connectivity index (χ3n) is 3.81. The summed E-state index contributed by atoms with van der Waals surface area (Å²) in [6.45, 7) is 1.36. The van der Waals surface area contributed by atoms with Crippen molar-refractivity contribution < 1.29 is 14.4 Å². The molecule has 6 nitrogen and oxygen atoms in total. The van der Waals surface area contributed by atoms with Gasteiger partial charge >= 0.3 is 0 Å². The largest absolute Gasteiger partial charge is 0.398 e. The molecule has 0 bridgehead atoms. The van der Waals surface area contributed by atoms with E-state index in [2.05, 4.69) is 5.32 Å². The summed E-state index contributed by atoms with van der Waals surface area (Å²) in [5.74, 6) is -1.92. The van der Waals surface area contributed by atoms with E-state index in [1.165, 1.54) is 6.07 Å². The number of hydrogen-bond acceptors (Lipinski definition) is 5. The number of benzene rings is 1. The molecule has 0 unspecified atom stereocenters. The molecule has 0 spiro atoms. The van der Waals surface area contributed by atoms with E-state index in [0.717, 1.165) is 17.9 Å². The van der Waals surface area contributed by atoms with E-state index in [-0.39, 0.29) is 22.7 Å². The summed E-state index contributed by atoms with van der Waals surface area (Å²) in [7, 11) is 0. The van der Waals surface area contributed by atoms with Crippen LogP contribution in [0.2, 0.25) is 0 Å². The maximum Gasteiger partial charge on any atom is 0.270 e. The van der Waals surface area contributed by atoms with Crippen LogP contribution in [-0.4, -0.2) is 35.7 Å². The minimum atomic E-state index is -0.598. The number of amides is 3. The number of anilines is 1. The van der Waals surface area contributed by atoms with Crippen molar-refractivity contribution in [2.24, 2.45) is 5.92 Å². The van der Waals surface area contributed by atoms with Gasteiger partial charge in [-0.2, -0.15) is 0 Å². The summed E-state index contributed by atoms with van der Waals surface area (Å²) in [4.78, 5) is 37.7. The van der Waals surface area contributed by atoms with Crippen LogP contribution in [0.25, 0.3) is 0 Å². The van der Waals surface area contributed by atoms with Gasteiger partial charge in [0.1, 0.15) is 0 Å². The van der Waals surface area contributed by atoms with Gasteiger partial charge in [0.05, 0.1) is 17.0 Å². The Balaban J connectivity index is 1.93. The molecule has 3 rings (SSSR count).